The molecule has 6 heteroatoms. The molecule has 0 aromatic carbocycles. The van der Waals surface area contributed by atoms with Crippen LogP contribution in [-0.2, 0) is 9.47 Å². The van der Waals surface area contributed by atoms with Gasteiger partial charge in [0.2, 0.25) is 0 Å². The maximum atomic E-state index is 12.1. The van der Waals surface area contributed by atoms with Gasteiger partial charge in [0.25, 0.3) is 5.91 Å². The third-order valence-electron chi connectivity index (χ3n) is 3.52. The molecule has 2 aliphatic heterocycles. The quantitative estimate of drug-likeness (QED) is 0.817. The Morgan fingerprint density at radius 1 is 1.33 bits per heavy atom. The molecule has 0 spiro atoms. The normalized spacial score (nSPS) is 21.6. The van der Waals surface area contributed by atoms with Crippen LogP contribution >= 0.6 is 0 Å². The Balaban J connectivity index is 1.71. The minimum atomic E-state index is -0.0569. The second-order valence-electron chi connectivity index (χ2n) is 4.79. The number of carbonyl (C=O) groups is 1. The predicted octanol–water partition coefficient (Wildman–Crippen LogP) is 0.432. The van der Waals surface area contributed by atoms with Crippen molar-refractivity contribution in [3.05, 3.63) is 17.5 Å². The van der Waals surface area contributed by atoms with Gasteiger partial charge in [-0.1, -0.05) is 0 Å². The van der Waals surface area contributed by atoms with E-state index in [1.165, 1.54) is 0 Å². The van der Waals surface area contributed by atoms with Gasteiger partial charge in [-0.25, -0.2) is 0 Å². The smallest absolute Gasteiger partial charge is 0.255 e. The Morgan fingerprint density at radius 2 is 2.11 bits per heavy atom. The van der Waals surface area contributed by atoms with E-state index in [0.29, 0.717) is 24.7 Å². The fraction of sp³-hybridized carbons (Fsp3) is 0.667. The van der Waals surface area contributed by atoms with Crippen LogP contribution in [0.15, 0.2) is 6.20 Å². The van der Waals surface area contributed by atoms with Crippen molar-refractivity contribution in [3.8, 4) is 0 Å². The van der Waals surface area contributed by atoms with Crippen molar-refractivity contribution in [2.75, 3.05) is 26.4 Å². The van der Waals surface area contributed by atoms with Gasteiger partial charge >= 0.3 is 0 Å². The molecule has 0 saturated carbocycles. The molecule has 0 bridgehead atoms. The summed E-state index contributed by atoms with van der Waals surface area (Å²) in [5, 5.41) is 9.92. The van der Waals surface area contributed by atoms with E-state index in [-0.39, 0.29) is 11.9 Å². The number of hydrogen-bond donors (Lipinski definition) is 2. The summed E-state index contributed by atoms with van der Waals surface area (Å²) in [5.41, 5.74) is 1.60. The lowest BCUT2D eigenvalue weighted by Crippen LogP contribution is -2.48. The monoisotopic (exact) mass is 251 g/mol. The maximum Gasteiger partial charge on any atom is 0.255 e. The Kier molecular flexibility index (Phi) is 3.29. The van der Waals surface area contributed by atoms with E-state index in [2.05, 4.69) is 15.5 Å². The summed E-state index contributed by atoms with van der Waals surface area (Å²) in [7, 11) is 0. The molecule has 2 fully saturated rings. The lowest BCUT2D eigenvalue weighted by atomic mass is 9.93. The van der Waals surface area contributed by atoms with E-state index in [4.69, 9.17) is 9.47 Å². The Labute approximate surface area is 105 Å². The molecule has 6 nitrogen and oxygen atoms in total. The van der Waals surface area contributed by atoms with Gasteiger partial charge in [-0.15, -0.1) is 0 Å². The van der Waals surface area contributed by atoms with Crippen molar-refractivity contribution in [2.24, 2.45) is 0 Å². The van der Waals surface area contributed by atoms with E-state index < -0.39 is 0 Å². The van der Waals surface area contributed by atoms with Gasteiger partial charge in [0.1, 0.15) is 0 Å². The van der Waals surface area contributed by atoms with E-state index in [0.717, 1.165) is 31.7 Å². The van der Waals surface area contributed by atoms with Crippen molar-refractivity contribution in [2.45, 2.75) is 24.8 Å². The van der Waals surface area contributed by atoms with Gasteiger partial charge in [-0.05, 0) is 12.8 Å². The van der Waals surface area contributed by atoms with E-state index in [1.54, 1.807) is 6.20 Å². The topological polar surface area (TPSA) is 76.2 Å². The van der Waals surface area contributed by atoms with Gasteiger partial charge in [0.05, 0.1) is 36.7 Å². The fourth-order valence-electron chi connectivity index (χ4n) is 2.36. The molecule has 98 valence electrons. The van der Waals surface area contributed by atoms with Crippen molar-refractivity contribution in [1.82, 2.24) is 15.5 Å². The zero-order valence-corrected chi connectivity index (χ0v) is 10.1. The molecule has 0 aliphatic carbocycles. The van der Waals surface area contributed by atoms with Gasteiger partial charge in [-0.3, -0.25) is 9.89 Å². The van der Waals surface area contributed by atoms with E-state index >= 15 is 0 Å². The second-order valence-corrected chi connectivity index (χ2v) is 4.79. The molecule has 0 atom stereocenters. The first-order chi connectivity index (χ1) is 8.84. The average Bonchev–Trinajstić information content (AvgIpc) is 2.84. The van der Waals surface area contributed by atoms with Crippen LogP contribution in [0.1, 0.15) is 34.8 Å². The molecule has 1 amide bonds. The van der Waals surface area contributed by atoms with E-state index in [1.807, 2.05) is 0 Å². The molecule has 0 unspecified atom stereocenters. The third-order valence-corrected chi connectivity index (χ3v) is 3.52. The molecule has 1 aromatic rings. The molecule has 1 aromatic heterocycles. The van der Waals surface area contributed by atoms with Crippen molar-refractivity contribution in [3.63, 3.8) is 0 Å². The Hall–Kier alpha value is -1.40. The Morgan fingerprint density at radius 3 is 2.78 bits per heavy atom. The highest BCUT2D eigenvalue weighted by molar-refractivity contribution is 5.95. The highest BCUT2D eigenvalue weighted by atomic mass is 16.5. The summed E-state index contributed by atoms with van der Waals surface area (Å²) < 4.78 is 10.4. The zero-order valence-electron chi connectivity index (χ0n) is 10.1. The lowest BCUT2D eigenvalue weighted by Gasteiger charge is -2.27. The van der Waals surface area contributed by atoms with Crippen LogP contribution in [0, 0.1) is 0 Å². The first-order valence-electron chi connectivity index (χ1n) is 6.34. The number of hydrogen-bond acceptors (Lipinski definition) is 4. The van der Waals surface area contributed by atoms with Crippen LogP contribution in [0.5, 0.6) is 0 Å². The molecule has 2 saturated heterocycles. The van der Waals surface area contributed by atoms with Crippen LogP contribution in [0.25, 0.3) is 0 Å². The van der Waals surface area contributed by atoms with Crippen molar-refractivity contribution in [1.29, 1.82) is 0 Å². The van der Waals surface area contributed by atoms with Gasteiger partial charge < -0.3 is 14.8 Å². The largest absolute Gasteiger partial charge is 0.381 e. The summed E-state index contributed by atoms with van der Waals surface area (Å²) in [5.74, 6) is 0.290. The number of carbonyl (C=O) groups excluding carboxylic acids is 1. The minimum Gasteiger partial charge on any atom is -0.381 e. The first-order valence-corrected chi connectivity index (χ1v) is 6.34. The zero-order chi connectivity index (χ0) is 12.4. The average molecular weight is 251 g/mol. The van der Waals surface area contributed by atoms with Crippen molar-refractivity contribution >= 4 is 5.91 Å². The first kappa shape index (κ1) is 11.7. The molecule has 2 N–H and O–H groups in total. The standard InChI is InChI=1S/C12H17N3O3/c16-12(14-9-6-18-7-9)10-5-13-15-11(10)8-1-3-17-4-2-8/h5,8-9H,1-4,6-7H2,(H,13,15)(H,14,16). The molecule has 18 heavy (non-hydrogen) atoms. The predicted molar refractivity (Wildman–Crippen MR) is 63.5 cm³/mol. The maximum absolute atomic E-state index is 12.1. The molecular weight excluding hydrogens is 234 g/mol. The number of aromatic amines is 1. The van der Waals surface area contributed by atoms with Crippen LogP contribution < -0.4 is 5.32 Å². The molecule has 3 rings (SSSR count). The molecule has 3 heterocycles. The minimum absolute atomic E-state index is 0.0569. The van der Waals surface area contributed by atoms with Crippen LogP contribution in [-0.4, -0.2) is 48.6 Å². The second kappa shape index (κ2) is 5.07. The SMILES string of the molecule is O=C(NC1COC1)c1cn[nH]c1C1CCOCC1. The van der Waals surface area contributed by atoms with Crippen molar-refractivity contribution < 1.29 is 14.3 Å². The van der Waals surface area contributed by atoms with Crippen LogP contribution in [0.3, 0.4) is 0 Å². The third kappa shape index (κ3) is 2.26. The Bertz CT molecular complexity index is 422. The van der Waals surface area contributed by atoms with Gasteiger partial charge in [0, 0.05) is 19.1 Å². The molecule has 0 radical (unpaired) electrons. The van der Waals surface area contributed by atoms with Gasteiger partial charge in [0.15, 0.2) is 0 Å². The summed E-state index contributed by atoms with van der Waals surface area (Å²) in [6.07, 6.45) is 3.49. The van der Waals surface area contributed by atoms with Crippen LogP contribution in [0.2, 0.25) is 0 Å². The summed E-state index contributed by atoms with van der Waals surface area (Å²) >= 11 is 0. The fourth-order valence-corrected chi connectivity index (χ4v) is 2.36. The lowest BCUT2D eigenvalue weighted by molar-refractivity contribution is -0.00350. The number of ether oxygens (including phenoxy) is 2. The van der Waals surface area contributed by atoms with Gasteiger partial charge in [-0.2, -0.15) is 5.10 Å². The molecule has 2 aliphatic rings. The number of H-pyrrole nitrogens is 1. The number of nitrogens with zero attached hydrogens (tertiary/aromatic N) is 1. The summed E-state index contributed by atoms with van der Waals surface area (Å²) in [4.78, 5) is 12.1. The highest BCUT2D eigenvalue weighted by Crippen LogP contribution is 2.27. The summed E-state index contributed by atoms with van der Waals surface area (Å²) in [6, 6.07) is 0.148. The number of nitrogens with one attached hydrogen (secondary N) is 2. The molecular formula is C12H17N3O3. The highest BCUT2D eigenvalue weighted by Gasteiger charge is 2.26. The number of aromatic nitrogens is 2. The number of rotatable bonds is 3. The van der Waals surface area contributed by atoms with Crippen LogP contribution in [0.4, 0.5) is 0 Å². The number of amides is 1. The van der Waals surface area contributed by atoms with E-state index in [9.17, 15) is 4.79 Å². The summed E-state index contributed by atoms with van der Waals surface area (Å²) in [6.45, 7) is 2.72.